The van der Waals surface area contributed by atoms with Crippen LogP contribution in [-0.4, -0.2) is 43.4 Å². The van der Waals surface area contributed by atoms with E-state index in [0.717, 1.165) is 22.5 Å². The number of benzene rings is 1. The van der Waals surface area contributed by atoms with Gasteiger partial charge in [0.15, 0.2) is 4.90 Å². The summed E-state index contributed by atoms with van der Waals surface area (Å²) in [5, 5.41) is 11.0. The Morgan fingerprint density at radius 2 is 2.14 bits per heavy atom. The average Bonchev–Trinajstić information content (AvgIpc) is 2.83. The molecule has 1 aliphatic rings. The molecular weight excluding hydrogens is 303 g/mol. The molecule has 0 radical (unpaired) electrons. The number of halogens is 1. The molecule has 2 rings (SSSR count). The molecule has 0 aromatic heterocycles. The zero-order valence-electron chi connectivity index (χ0n) is 11.5. The Bertz CT molecular complexity index is 664. The summed E-state index contributed by atoms with van der Waals surface area (Å²) in [6.07, 6.45) is 0.164. The van der Waals surface area contributed by atoms with Crippen molar-refractivity contribution in [3.8, 4) is 0 Å². The molecule has 0 saturated carbocycles. The largest absolute Gasteiger partial charge is 0.377 e. The number of nitrogens with zero attached hydrogens (tertiary/aromatic N) is 2. The van der Waals surface area contributed by atoms with E-state index in [2.05, 4.69) is 0 Å². The topological polar surface area (TPSA) is 89.8 Å². The fourth-order valence-electron chi connectivity index (χ4n) is 2.41. The maximum atomic E-state index is 13.6. The average molecular weight is 318 g/mol. The van der Waals surface area contributed by atoms with Gasteiger partial charge in [-0.25, -0.2) is 8.42 Å². The highest BCUT2D eigenvalue weighted by Crippen LogP contribution is 2.31. The fourth-order valence-corrected chi connectivity index (χ4v) is 4.02. The molecule has 0 bridgehead atoms. The lowest BCUT2D eigenvalue weighted by Crippen LogP contribution is -2.41. The van der Waals surface area contributed by atoms with Crippen LogP contribution in [0, 0.1) is 15.9 Å². The first kappa shape index (κ1) is 15.8. The number of hydrogen-bond acceptors (Lipinski definition) is 5. The van der Waals surface area contributed by atoms with Crippen molar-refractivity contribution in [1.29, 1.82) is 0 Å². The summed E-state index contributed by atoms with van der Waals surface area (Å²) >= 11 is 0. The van der Waals surface area contributed by atoms with Gasteiger partial charge in [-0.1, -0.05) is 6.07 Å². The normalized spacial score (nSPS) is 22.7. The maximum absolute atomic E-state index is 13.6. The van der Waals surface area contributed by atoms with Gasteiger partial charge in [-0.05, 0) is 25.5 Å². The highest BCUT2D eigenvalue weighted by Gasteiger charge is 2.39. The molecule has 7 nitrogen and oxygen atoms in total. The lowest BCUT2D eigenvalue weighted by molar-refractivity contribution is -0.390. The van der Waals surface area contributed by atoms with Crippen molar-refractivity contribution >= 4 is 15.7 Å². The quantitative estimate of drug-likeness (QED) is 0.620. The minimum absolute atomic E-state index is 0.322. The minimum atomic E-state index is -4.18. The van der Waals surface area contributed by atoms with Gasteiger partial charge in [0.05, 0.1) is 17.1 Å². The van der Waals surface area contributed by atoms with E-state index in [1.807, 2.05) is 0 Å². The third kappa shape index (κ3) is 2.76. The first-order chi connectivity index (χ1) is 9.76. The number of nitro benzene ring substituents is 1. The molecule has 1 aliphatic heterocycles. The van der Waals surface area contributed by atoms with Gasteiger partial charge in [0.1, 0.15) is 0 Å². The van der Waals surface area contributed by atoms with Crippen molar-refractivity contribution in [2.75, 3.05) is 13.7 Å². The zero-order chi connectivity index (χ0) is 15.8. The molecule has 1 saturated heterocycles. The van der Waals surface area contributed by atoms with E-state index in [4.69, 9.17) is 4.74 Å². The van der Waals surface area contributed by atoms with Crippen LogP contribution in [0.5, 0.6) is 0 Å². The van der Waals surface area contributed by atoms with Crippen molar-refractivity contribution < 1.29 is 22.5 Å². The van der Waals surface area contributed by atoms with E-state index >= 15 is 0 Å². The van der Waals surface area contributed by atoms with Crippen LogP contribution in [0.3, 0.4) is 0 Å². The van der Waals surface area contributed by atoms with Gasteiger partial charge in [-0.2, -0.15) is 8.70 Å². The minimum Gasteiger partial charge on any atom is -0.377 e. The summed E-state index contributed by atoms with van der Waals surface area (Å²) in [6, 6.07) is 2.60. The van der Waals surface area contributed by atoms with Gasteiger partial charge in [-0.3, -0.25) is 10.1 Å². The molecule has 1 aromatic carbocycles. The number of sulfonamides is 1. The number of rotatable bonds is 4. The summed E-state index contributed by atoms with van der Waals surface area (Å²) in [4.78, 5) is 9.29. The summed E-state index contributed by atoms with van der Waals surface area (Å²) in [5.41, 5.74) is -1.03. The summed E-state index contributed by atoms with van der Waals surface area (Å²) in [5.74, 6) is -1.18. The summed E-state index contributed by atoms with van der Waals surface area (Å²) in [7, 11) is -2.86. The van der Waals surface area contributed by atoms with Crippen LogP contribution >= 0.6 is 0 Å². The maximum Gasteiger partial charge on any atom is 0.324 e. The van der Waals surface area contributed by atoms with Crippen molar-refractivity contribution in [2.24, 2.45) is 0 Å². The molecule has 0 amide bonds. The lowest BCUT2D eigenvalue weighted by atomic mass is 10.2. The van der Waals surface area contributed by atoms with E-state index in [0.29, 0.717) is 13.0 Å². The molecule has 21 heavy (non-hydrogen) atoms. The van der Waals surface area contributed by atoms with Gasteiger partial charge in [0.2, 0.25) is 15.8 Å². The number of likely N-dealkylation sites (N-methyl/N-ethyl adjacent to an activating group) is 1. The van der Waals surface area contributed by atoms with E-state index in [-0.39, 0.29) is 6.10 Å². The highest BCUT2D eigenvalue weighted by atomic mass is 32.2. The Morgan fingerprint density at radius 3 is 2.67 bits per heavy atom. The van der Waals surface area contributed by atoms with Crippen molar-refractivity contribution in [3.05, 3.63) is 34.1 Å². The molecular formula is C12H15FN2O5S. The van der Waals surface area contributed by atoms with Crippen LogP contribution in [0.4, 0.5) is 10.1 Å². The lowest BCUT2D eigenvalue weighted by Gasteiger charge is -2.25. The predicted octanol–water partition coefficient (Wildman–Crippen LogP) is 1.53. The molecule has 0 aliphatic carbocycles. The van der Waals surface area contributed by atoms with Gasteiger partial charge < -0.3 is 4.74 Å². The first-order valence-electron chi connectivity index (χ1n) is 6.29. The van der Waals surface area contributed by atoms with Crippen LogP contribution in [0.1, 0.15) is 13.3 Å². The van der Waals surface area contributed by atoms with Gasteiger partial charge in [0, 0.05) is 13.7 Å². The number of hydrogen-bond donors (Lipinski definition) is 0. The molecule has 0 N–H and O–H groups in total. The third-order valence-corrected chi connectivity index (χ3v) is 5.51. The second-order valence-electron chi connectivity index (χ2n) is 4.80. The summed E-state index contributed by atoms with van der Waals surface area (Å²) < 4.78 is 45.0. The van der Waals surface area contributed by atoms with Crippen molar-refractivity contribution in [1.82, 2.24) is 4.31 Å². The van der Waals surface area contributed by atoms with Crippen molar-refractivity contribution in [2.45, 2.75) is 30.4 Å². The molecule has 2 unspecified atom stereocenters. The Kier molecular flexibility index (Phi) is 4.26. The van der Waals surface area contributed by atoms with Gasteiger partial charge in [0.25, 0.3) is 0 Å². The molecule has 1 fully saturated rings. The van der Waals surface area contributed by atoms with Crippen LogP contribution < -0.4 is 0 Å². The Morgan fingerprint density at radius 1 is 1.48 bits per heavy atom. The monoisotopic (exact) mass is 318 g/mol. The summed E-state index contributed by atoms with van der Waals surface area (Å²) in [6.45, 7) is 2.14. The Balaban J connectivity index is 2.49. The second-order valence-corrected chi connectivity index (χ2v) is 6.76. The zero-order valence-corrected chi connectivity index (χ0v) is 12.3. The van der Waals surface area contributed by atoms with Crippen LogP contribution in [0.15, 0.2) is 23.1 Å². The Labute approximate surface area is 121 Å². The molecule has 2 atom stereocenters. The van der Waals surface area contributed by atoms with Crippen LogP contribution in [0.25, 0.3) is 0 Å². The van der Waals surface area contributed by atoms with E-state index in [9.17, 15) is 22.9 Å². The number of ether oxygens (including phenoxy) is 1. The fraction of sp³-hybridized carbons (Fsp3) is 0.500. The molecule has 1 aromatic rings. The molecule has 1 heterocycles. The van der Waals surface area contributed by atoms with E-state index in [1.54, 1.807) is 6.92 Å². The highest BCUT2D eigenvalue weighted by molar-refractivity contribution is 7.89. The van der Waals surface area contributed by atoms with E-state index < -0.39 is 37.4 Å². The number of para-hydroxylation sites is 1. The smallest absolute Gasteiger partial charge is 0.324 e. The predicted molar refractivity (Wildman–Crippen MR) is 71.8 cm³/mol. The van der Waals surface area contributed by atoms with Gasteiger partial charge in [-0.15, -0.1) is 0 Å². The Hall–Kier alpha value is -1.58. The van der Waals surface area contributed by atoms with Crippen LogP contribution in [-0.2, 0) is 14.8 Å². The van der Waals surface area contributed by atoms with Crippen molar-refractivity contribution in [3.63, 3.8) is 0 Å². The molecule has 116 valence electrons. The van der Waals surface area contributed by atoms with Gasteiger partial charge >= 0.3 is 5.69 Å². The standard InChI is InChI=1S/C12H15FN2O5S/c1-8-10(6-7-20-8)14(2)21(18,19)11-5-3-4-9(13)12(11)15(16)17/h3-5,8,10H,6-7H2,1-2H3. The number of nitro groups is 1. The molecule has 0 spiro atoms. The first-order valence-corrected chi connectivity index (χ1v) is 7.73. The molecule has 9 heteroatoms. The SMILES string of the molecule is CC1OCCC1N(C)S(=O)(=O)c1cccc(F)c1[N+](=O)[O-]. The third-order valence-electron chi connectivity index (χ3n) is 3.59. The van der Waals surface area contributed by atoms with E-state index in [1.165, 1.54) is 7.05 Å². The van der Waals surface area contributed by atoms with Crippen LogP contribution in [0.2, 0.25) is 0 Å². The second kappa shape index (κ2) is 5.66.